The second-order valence-corrected chi connectivity index (χ2v) is 8.97. The molecule has 0 aliphatic heterocycles. The fourth-order valence-corrected chi connectivity index (χ4v) is 3.69. The molecule has 27 heavy (non-hydrogen) atoms. The van der Waals surface area contributed by atoms with Crippen molar-refractivity contribution in [3.63, 3.8) is 0 Å². The van der Waals surface area contributed by atoms with E-state index in [1.165, 1.54) is 12.6 Å². The fourth-order valence-electron chi connectivity index (χ4n) is 2.52. The van der Waals surface area contributed by atoms with Gasteiger partial charge in [0.25, 0.3) is 0 Å². The first-order valence-corrected chi connectivity index (χ1v) is 10.9. The molecule has 1 aromatic heterocycles. The molecule has 0 bridgehead atoms. The lowest BCUT2D eigenvalue weighted by Crippen LogP contribution is -2.07. The van der Waals surface area contributed by atoms with Crippen molar-refractivity contribution >= 4 is 42.4 Å². The average Bonchev–Trinajstić information content (AvgIpc) is 2.64. The second-order valence-electron chi connectivity index (χ2n) is 5.95. The van der Waals surface area contributed by atoms with Gasteiger partial charge in [-0.1, -0.05) is 12.1 Å². The summed E-state index contributed by atoms with van der Waals surface area (Å²) in [5, 5.41) is 12.8. The first kappa shape index (κ1) is 19.5. The summed E-state index contributed by atoms with van der Waals surface area (Å²) >= 11 is 3.51. The molecule has 0 radical (unpaired) electrons. The van der Waals surface area contributed by atoms with Crippen molar-refractivity contribution in [3.05, 3.63) is 52.8 Å². The summed E-state index contributed by atoms with van der Waals surface area (Å²) in [6, 6.07) is 10.7. The summed E-state index contributed by atoms with van der Waals surface area (Å²) in [4.78, 5) is 8.96. The Morgan fingerprint density at radius 3 is 2.85 bits per heavy atom. The molecule has 0 spiro atoms. The predicted molar refractivity (Wildman–Crippen MR) is 109 cm³/mol. The third-order valence-electron chi connectivity index (χ3n) is 3.84. The summed E-state index contributed by atoms with van der Waals surface area (Å²) in [6.45, 7) is 0.679. The van der Waals surface area contributed by atoms with Crippen molar-refractivity contribution in [1.29, 1.82) is 4.78 Å². The van der Waals surface area contributed by atoms with E-state index in [0.29, 0.717) is 28.5 Å². The van der Waals surface area contributed by atoms with Crippen LogP contribution in [-0.2, 0) is 16.3 Å². The number of anilines is 1. The van der Waals surface area contributed by atoms with Gasteiger partial charge in [0.1, 0.15) is 24.5 Å². The Bertz CT molecular complexity index is 1070. The monoisotopic (exact) mass is 450 g/mol. The van der Waals surface area contributed by atoms with Crippen molar-refractivity contribution in [2.45, 2.75) is 11.5 Å². The number of aromatic nitrogens is 2. The van der Waals surface area contributed by atoms with Gasteiger partial charge in [-0.25, -0.2) is 19.0 Å². The number of rotatable bonds is 7. The Balaban J connectivity index is 1.85. The average molecular weight is 451 g/mol. The molecular weight excluding hydrogens is 432 g/mol. The van der Waals surface area contributed by atoms with Gasteiger partial charge in [-0.05, 0) is 39.7 Å². The van der Waals surface area contributed by atoms with Crippen molar-refractivity contribution < 1.29 is 14.1 Å². The quantitative estimate of drug-likeness (QED) is 0.508. The van der Waals surface area contributed by atoms with E-state index >= 15 is 0 Å². The molecule has 3 rings (SSSR count). The van der Waals surface area contributed by atoms with Crippen LogP contribution in [0.1, 0.15) is 5.56 Å². The maximum absolute atomic E-state index is 11.9. The van der Waals surface area contributed by atoms with Crippen LogP contribution in [0.4, 0.5) is 5.82 Å². The van der Waals surface area contributed by atoms with Gasteiger partial charge in [-0.15, -0.1) is 0 Å². The molecule has 1 atom stereocenters. The van der Waals surface area contributed by atoms with Crippen LogP contribution in [0, 0.1) is 4.78 Å². The van der Waals surface area contributed by atoms with E-state index in [4.69, 9.17) is 14.6 Å². The number of aliphatic hydroxyl groups excluding tert-OH is 1. The molecule has 0 aliphatic carbocycles. The van der Waals surface area contributed by atoms with Crippen LogP contribution in [0.5, 0.6) is 5.75 Å². The molecule has 0 amide bonds. The molecule has 0 saturated heterocycles. The Morgan fingerprint density at radius 2 is 2.11 bits per heavy atom. The topological polar surface area (TPSA) is 108 Å². The van der Waals surface area contributed by atoms with Crippen LogP contribution in [0.25, 0.3) is 10.9 Å². The third kappa shape index (κ3) is 4.74. The fraction of sp³-hybridized carbons (Fsp3) is 0.222. The summed E-state index contributed by atoms with van der Waals surface area (Å²) < 4.78 is 26.2. The first-order valence-electron chi connectivity index (χ1n) is 8.13. The van der Waals surface area contributed by atoms with Gasteiger partial charge in [0.05, 0.1) is 26.3 Å². The summed E-state index contributed by atoms with van der Waals surface area (Å²) in [5.74, 6) is 1.25. The SMILES string of the molecule is CS(=N)(=O)c1cccc(COc2cc3ncnc(NCCO)c3cc2Br)c1. The molecule has 0 fully saturated rings. The lowest BCUT2D eigenvalue weighted by molar-refractivity contribution is 0.304. The lowest BCUT2D eigenvalue weighted by atomic mass is 10.2. The number of aliphatic hydroxyl groups is 1. The zero-order valence-electron chi connectivity index (χ0n) is 14.6. The van der Waals surface area contributed by atoms with E-state index in [1.54, 1.807) is 18.2 Å². The van der Waals surface area contributed by atoms with Crippen molar-refractivity contribution in [2.24, 2.45) is 0 Å². The van der Waals surface area contributed by atoms with E-state index in [2.05, 4.69) is 31.2 Å². The molecule has 3 aromatic rings. The van der Waals surface area contributed by atoms with Crippen LogP contribution < -0.4 is 10.1 Å². The largest absolute Gasteiger partial charge is 0.488 e. The highest BCUT2D eigenvalue weighted by Gasteiger charge is 2.10. The highest BCUT2D eigenvalue weighted by atomic mass is 79.9. The van der Waals surface area contributed by atoms with E-state index in [1.807, 2.05) is 18.2 Å². The van der Waals surface area contributed by atoms with Gasteiger partial charge in [-0.3, -0.25) is 0 Å². The summed E-state index contributed by atoms with van der Waals surface area (Å²) in [5.41, 5.74) is 1.54. The van der Waals surface area contributed by atoms with Crippen LogP contribution in [0.3, 0.4) is 0 Å². The number of nitrogens with zero attached hydrogens (tertiary/aromatic N) is 2. The highest BCUT2D eigenvalue weighted by Crippen LogP contribution is 2.32. The van der Waals surface area contributed by atoms with Crippen molar-refractivity contribution in [3.8, 4) is 5.75 Å². The highest BCUT2D eigenvalue weighted by molar-refractivity contribution is 9.10. The zero-order chi connectivity index (χ0) is 19.4. The zero-order valence-corrected chi connectivity index (χ0v) is 17.0. The molecule has 142 valence electrons. The Kier molecular flexibility index (Phi) is 5.93. The van der Waals surface area contributed by atoms with Crippen LogP contribution in [0.2, 0.25) is 0 Å². The van der Waals surface area contributed by atoms with E-state index in [-0.39, 0.29) is 13.2 Å². The molecule has 9 heteroatoms. The maximum Gasteiger partial charge on any atom is 0.137 e. The van der Waals surface area contributed by atoms with Crippen LogP contribution in [0.15, 0.2) is 52.1 Å². The molecule has 3 N–H and O–H groups in total. The van der Waals surface area contributed by atoms with Gasteiger partial charge in [0.15, 0.2) is 0 Å². The number of halogens is 1. The molecule has 0 saturated carbocycles. The Morgan fingerprint density at radius 1 is 1.30 bits per heavy atom. The van der Waals surface area contributed by atoms with Crippen LogP contribution >= 0.6 is 15.9 Å². The van der Waals surface area contributed by atoms with Crippen molar-refractivity contribution in [2.75, 3.05) is 24.7 Å². The first-order chi connectivity index (χ1) is 12.9. The molecule has 7 nitrogen and oxygen atoms in total. The second kappa shape index (κ2) is 8.20. The number of hydrogen-bond donors (Lipinski definition) is 3. The van der Waals surface area contributed by atoms with Gasteiger partial charge >= 0.3 is 0 Å². The minimum absolute atomic E-state index is 0.00929. The van der Waals surface area contributed by atoms with Gasteiger partial charge in [-0.2, -0.15) is 0 Å². The summed E-state index contributed by atoms with van der Waals surface area (Å²) in [7, 11) is -2.76. The molecular formula is C18H19BrN4O3S. The maximum atomic E-state index is 11.9. The van der Waals surface area contributed by atoms with E-state index in [0.717, 1.165) is 15.4 Å². The van der Waals surface area contributed by atoms with Crippen molar-refractivity contribution in [1.82, 2.24) is 9.97 Å². The molecule has 1 heterocycles. The number of fused-ring (bicyclic) bond motifs is 1. The van der Waals surface area contributed by atoms with Gasteiger partial charge in [0.2, 0.25) is 0 Å². The number of nitrogens with one attached hydrogen (secondary N) is 2. The van der Waals surface area contributed by atoms with Gasteiger partial charge in [0, 0.05) is 29.1 Å². The number of ether oxygens (including phenoxy) is 1. The normalized spacial score (nSPS) is 13.3. The number of hydrogen-bond acceptors (Lipinski definition) is 7. The predicted octanol–water partition coefficient (Wildman–Crippen LogP) is 3.41. The minimum Gasteiger partial charge on any atom is -0.488 e. The smallest absolute Gasteiger partial charge is 0.137 e. The Labute approximate surface area is 165 Å². The van der Waals surface area contributed by atoms with E-state index in [9.17, 15) is 4.21 Å². The molecule has 0 aliphatic rings. The summed E-state index contributed by atoms with van der Waals surface area (Å²) in [6.07, 6.45) is 2.85. The van der Waals surface area contributed by atoms with Gasteiger partial charge < -0.3 is 15.2 Å². The lowest BCUT2D eigenvalue weighted by Gasteiger charge is -2.12. The number of benzene rings is 2. The standard InChI is InChI=1S/C18H19BrN4O3S/c1-27(20,25)13-4-2-3-12(7-13)10-26-17-9-16-14(8-15(17)19)18(21-5-6-24)23-11-22-16/h2-4,7-9,11,20,24H,5-6,10H2,1H3,(H,21,22,23). The van der Waals surface area contributed by atoms with Crippen LogP contribution in [-0.4, -0.2) is 38.7 Å². The Hall–Kier alpha value is -2.23. The van der Waals surface area contributed by atoms with E-state index < -0.39 is 9.73 Å². The molecule has 1 unspecified atom stereocenters. The molecule has 2 aromatic carbocycles. The minimum atomic E-state index is -2.76. The third-order valence-corrected chi connectivity index (χ3v) is 5.61.